The third-order valence-electron chi connectivity index (χ3n) is 4.69. The minimum Gasteiger partial charge on any atom is -0.482 e. The predicted molar refractivity (Wildman–Crippen MR) is 113 cm³/mol. The molecule has 3 aromatic rings. The number of benzene rings is 2. The molecular weight excluding hydrogens is 410 g/mol. The standard InChI is InChI=1S/C20H19N3O4S2/c1-12-4-7-18(13(2)8-12)29(25,26)22-20-21-15(11-28-20)14-5-6-17-16(9-14)23(3)19(24)10-27-17/h4-9,11H,10H2,1-3H3,(H,21,22). The van der Waals surface area contributed by atoms with Gasteiger partial charge in [0.15, 0.2) is 11.7 Å². The van der Waals surface area contributed by atoms with Crippen LogP contribution in [-0.2, 0) is 14.8 Å². The maximum atomic E-state index is 12.7. The molecule has 0 aliphatic carbocycles. The number of sulfonamides is 1. The zero-order chi connectivity index (χ0) is 20.8. The lowest BCUT2D eigenvalue weighted by Gasteiger charge is -2.26. The molecule has 2 heterocycles. The van der Waals surface area contributed by atoms with Gasteiger partial charge in [0.1, 0.15) is 5.75 Å². The summed E-state index contributed by atoms with van der Waals surface area (Å²) < 4.78 is 33.5. The number of hydrogen-bond donors (Lipinski definition) is 1. The number of nitrogens with one attached hydrogen (secondary N) is 1. The van der Waals surface area contributed by atoms with E-state index < -0.39 is 10.0 Å². The highest BCUT2D eigenvalue weighted by molar-refractivity contribution is 7.93. The number of fused-ring (bicyclic) bond motifs is 1. The summed E-state index contributed by atoms with van der Waals surface area (Å²) in [5.41, 5.74) is 3.71. The molecule has 0 saturated heterocycles. The lowest BCUT2D eigenvalue weighted by atomic mass is 10.1. The van der Waals surface area contributed by atoms with Crippen LogP contribution in [0.5, 0.6) is 5.75 Å². The number of thiazole rings is 1. The molecule has 0 atom stereocenters. The van der Waals surface area contributed by atoms with Crippen molar-refractivity contribution in [3.05, 3.63) is 52.9 Å². The smallest absolute Gasteiger partial charge is 0.264 e. The second-order valence-corrected chi connectivity index (χ2v) is 9.35. The number of ether oxygens (including phenoxy) is 1. The Morgan fingerprint density at radius 2 is 1.97 bits per heavy atom. The van der Waals surface area contributed by atoms with Crippen molar-refractivity contribution in [2.75, 3.05) is 23.3 Å². The van der Waals surface area contributed by atoms with E-state index in [0.29, 0.717) is 22.7 Å². The number of hydrogen-bond acceptors (Lipinski definition) is 6. The number of nitrogens with zero attached hydrogens (tertiary/aromatic N) is 2. The first-order valence-corrected chi connectivity index (χ1v) is 11.2. The van der Waals surface area contributed by atoms with Crippen molar-refractivity contribution in [1.29, 1.82) is 0 Å². The molecule has 1 N–H and O–H groups in total. The van der Waals surface area contributed by atoms with Gasteiger partial charge in [0.25, 0.3) is 15.9 Å². The van der Waals surface area contributed by atoms with Crippen LogP contribution in [0, 0.1) is 13.8 Å². The minimum absolute atomic E-state index is 0.0178. The second-order valence-electron chi connectivity index (χ2n) is 6.84. The molecule has 150 valence electrons. The summed E-state index contributed by atoms with van der Waals surface area (Å²) in [6.45, 7) is 3.70. The summed E-state index contributed by atoms with van der Waals surface area (Å²) in [5.74, 6) is 0.497. The molecule has 9 heteroatoms. The predicted octanol–water partition coefficient (Wildman–Crippen LogP) is 3.58. The molecule has 7 nitrogen and oxygen atoms in total. The molecule has 1 aliphatic rings. The fourth-order valence-corrected chi connectivity index (χ4v) is 5.36. The largest absolute Gasteiger partial charge is 0.482 e. The third kappa shape index (κ3) is 3.70. The van der Waals surface area contributed by atoms with E-state index in [9.17, 15) is 13.2 Å². The average molecular weight is 430 g/mol. The topological polar surface area (TPSA) is 88.6 Å². The Balaban J connectivity index is 1.61. The molecule has 0 radical (unpaired) electrons. The van der Waals surface area contributed by atoms with Gasteiger partial charge in [-0.25, -0.2) is 13.4 Å². The zero-order valence-electron chi connectivity index (χ0n) is 16.1. The maximum Gasteiger partial charge on any atom is 0.264 e. The fraction of sp³-hybridized carbons (Fsp3) is 0.200. The molecule has 2 aromatic carbocycles. The molecule has 0 unspecified atom stereocenters. The van der Waals surface area contributed by atoms with Crippen molar-refractivity contribution in [3.63, 3.8) is 0 Å². The molecule has 1 amide bonds. The number of carbonyl (C=O) groups is 1. The first-order valence-electron chi connectivity index (χ1n) is 8.84. The van der Waals surface area contributed by atoms with Gasteiger partial charge in [-0.05, 0) is 43.7 Å². The number of likely N-dealkylation sites (N-methyl/N-ethyl adjacent to an activating group) is 1. The van der Waals surface area contributed by atoms with Gasteiger partial charge in [-0.1, -0.05) is 17.7 Å². The lowest BCUT2D eigenvalue weighted by molar-refractivity contribution is -0.120. The second kappa shape index (κ2) is 7.16. The Labute approximate surface area is 173 Å². The van der Waals surface area contributed by atoms with Crippen LogP contribution in [0.4, 0.5) is 10.8 Å². The summed E-state index contributed by atoms with van der Waals surface area (Å²) in [5, 5.41) is 2.05. The van der Waals surface area contributed by atoms with Gasteiger partial charge in [-0.3, -0.25) is 9.52 Å². The SMILES string of the molecule is Cc1ccc(S(=O)(=O)Nc2nc(-c3ccc4c(c3)N(C)C(=O)CO4)cs2)c(C)c1. The van der Waals surface area contributed by atoms with Gasteiger partial charge in [0, 0.05) is 18.0 Å². The Hall–Kier alpha value is -2.91. The molecular formula is C20H19N3O4S2. The van der Waals surface area contributed by atoms with Gasteiger partial charge >= 0.3 is 0 Å². The lowest BCUT2D eigenvalue weighted by Crippen LogP contribution is -2.35. The van der Waals surface area contributed by atoms with Gasteiger partial charge in [0.05, 0.1) is 16.3 Å². The van der Waals surface area contributed by atoms with E-state index >= 15 is 0 Å². The molecule has 0 fully saturated rings. The van der Waals surface area contributed by atoms with Crippen LogP contribution in [-0.4, -0.2) is 33.0 Å². The van der Waals surface area contributed by atoms with Crippen LogP contribution in [0.15, 0.2) is 46.7 Å². The van der Waals surface area contributed by atoms with Crippen molar-refractivity contribution in [2.24, 2.45) is 0 Å². The number of carbonyl (C=O) groups excluding carboxylic acids is 1. The molecule has 29 heavy (non-hydrogen) atoms. The van der Waals surface area contributed by atoms with Crippen molar-refractivity contribution in [3.8, 4) is 17.0 Å². The van der Waals surface area contributed by atoms with E-state index in [1.807, 2.05) is 25.1 Å². The molecule has 0 spiro atoms. The van der Waals surface area contributed by atoms with Crippen LogP contribution in [0.25, 0.3) is 11.3 Å². The quantitative estimate of drug-likeness (QED) is 0.685. The van der Waals surface area contributed by atoms with Crippen molar-refractivity contribution >= 4 is 38.1 Å². The van der Waals surface area contributed by atoms with Crippen LogP contribution in [0.2, 0.25) is 0 Å². The number of aromatic nitrogens is 1. The van der Waals surface area contributed by atoms with E-state index in [4.69, 9.17) is 4.74 Å². The van der Waals surface area contributed by atoms with E-state index in [1.54, 1.807) is 42.5 Å². The van der Waals surface area contributed by atoms with Crippen LogP contribution < -0.4 is 14.4 Å². The number of rotatable bonds is 4. The van der Waals surface area contributed by atoms with Crippen molar-refractivity contribution in [1.82, 2.24) is 4.98 Å². The molecule has 1 aliphatic heterocycles. The first kappa shape index (κ1) is 19.4. The highest BCUT2D eigenvalue weighted by Crippen LogP contribution is 2.36. The Bertz CT molecular complexity index is 1220. The summed E-state index contributed by atoms with van der Waals surface area (Å²) in [6.07, 6.45) is 0. The molecule has 4 rings (SSSR count). The normalized spacial score (nSPS) is 13.8. The summed E-state index contributed by atoms with van der Waals surface area (Å²) in [6, 6.07) is 10.6. The summed E-state index contributed by atoms with van der Waals surface area (Å²) >= 11 is 1.20. The Morgan fingerprint density at radius 3 is 2.72 bits per heavy atom. The molecule has 0 bridgehead atoms. The van der Waals surface area contributed by atoms with Gasteiger partial charge in [0.2, 0.25) is 0 Å². The number of aryl methyl sites for hydroxylation is 2. The van der Waals surface area contributed by atoms with E-state index in [0.717, 1.165) is 11.1 Å². The van der Waals surface area contributed by atoms with Crippen LogP contribution in [0.3, 0.4) is 0 Å². The van der Waals surface area contributed by atoms with Crippen LogP contribution >= 0.6 is 11.3 Å². The fourth-order valence-electron chi connectivity index (χ4n) is 3.16. The first-order chi connectivity index (χ1) is 13.7. The van der Waals surface area contributed by atoms with Gasteiger partial charge in [-0.2, -0.15) is 0 Å². The van der Waals surface area contributed by atoms with E-state index in [2.05, 4.69) is 9.71 Å². The monoisotopic (exact) mass is 429 g/mol. The molecule has 0 saturated carbocycles. The zero-order valence-corrected chi connectivity index (χ0v) is 17.7. The highest BCUT2D eigenvalue weighted by atomic mass is 32.2. The van der Waals surface area contributed by atoms with Gasteiger partial charge < -0.3 is 9.64 Å². The van der Waals surface area contributed by atoms with Gasteiger partial charge in [-0.15, -0.1) is 11.3 Å². The number of amides is 1. The van der Waals surface area contributed by atoms with E-state index in [1.165, 1.54) is 11.3 Å². The average Bonchev–Trinajstić information content (AvgIpc) is 3.12. The Kier molecular flexibility index (Phi) is 4.79. The number of anilines is 2. The Morgan fingerprint density at radius 1 is 1.17 bits per heavy atom. The van der Waals surface area contributed by atoms with Crippen molar-refractivity contribution in [2.45, 2.75) is 18.7 Å². The third-order valence-corrected chi connectivity index (χ3v) is 7.07. The summed E-state index contributed by atoms with van der Waals surface area (Å²) in [4.78, 5) is 18.0. The van der Waals surface area contributed by atoms with E-state index in [-0.39, 0.29) is 22.5 Å². The summed E-state index contributed by atoms with van der Waals surface area (Å²) in [7, 11) is -2.04. The highest BCUT2D eigenvalue weighted by Gasteiger charge is 2.23. The van der Waals surface area contributed by atoms with Crippen molar-refractivity contribution < 1.29 is 17.9 Å². The molecule has 1 aromatic heterocycles. The minimum atomic E-state index is -3.74. The maximum absolute atomic E-state index is 12.7. The van der Waals surface area contributed by atoms with Crippen LogP contribution in [0.1, 0.15) is 11.1 Å².